The van der Waals surface area contributed by atoms with Gasteiger partial charge in [-0.25, -0.2) is 0 Å². The second-order valence-corrected chi connectivity index (χ2v) is 6.07. The number of nitrogens with zero attached hydrogens (tertiary/aromatic N) is 3. The molecule has 6 nitrogen and oxygen atoms in total. The van der Waals surface area contributed by atoms with E-state index >= 15 is 0 Å². The number of aromatic nitrogens is 3. The molecule has 1 saturated heterocycles. The number of hydrogen-bond acceptors (Lipinski definition) is 5. The molecule has 122 valence electrons. The van der Waals surface area contributed by atoms with E-state index in [0.717, 1.165) is 36.6 Å². The van der Waals surface area contributed by atoms with Crippen LogP contribution < -0.4 is 4.74 Å². The van der Waals surface area contributed by atoms with Crippen LogP contribution in [0.2, 0.25) is 0 Å². The van der Waals surface area contributed by atoms with Gasteiger partial charge >= 0.3 is 0 Å². The molecule has 1 aliphatic heterocycles. The SMILES string of the molecule is CC(C)Oc1cccc(/C=N\n2c(C3CCCO3)n[nH]c2=S)c1. The van der Waals surface area contributed by atoms with E-state index in [-0.39, 0.29) is 12.2 Å². The zero-order chi connectivity index (χ0) is 16.2. The molecule has 1 aromatic carbocycles. The van der Waals surface area contributed by atoms with Crippen molar-refractivity contribution in [1.29, 1.82) is 0 Å². The van der Waals surface area contributed by atoms with Gasteiger partial charge in [-0.05, 0) is 56.6 Å². The first kappa shape index (κ1) is 15.9. The van der Waals surface area contributed by atoms with E-state index in [9.17, 15) is 0 Å². The molecule has 1 N–H and O–H groups in total. The highest BCUT2D eigenvalue weighted by molar-refractivity contribution is 7.71. The standard InChI is InChI=1S/C16H20N4O2S/c1-11(2)22-13-6-3-5-12(9-13)10-17-20-15(18-19-16(20)23)14-7-4-8-21-14/h3,5-6,9-11,14H,4,7-8H2,1-2H3,(H,19,23)/b17-10-. The van der Waals surface area contributed by atoms with E-state index in [1.807, 2.05) is 38.1 Å². The first-order valence-corrected chi connectivity index (χ1v) is 8.14. The Kier molecular flexibility index (Phi) is 4.88. The third kappa shape index (κ3) is 3.86. The van der Waals surface area contributed by atoms with Crippen LogP contribution in [-0.2, 0) is 4.74 Å². The van der Waals surface area contributed by atoms with Gasteiger partial charge in [0.2, 0.25) is 4.77 Å². The summed E-state index contributed by atoms with van der Waals surface area (Å²) in [7, 11) is 0. The zero-order valence-electron chi connectivity index (χ0n) is 13.2. The van der Waals surface area contributed by atoms with Crippen molar-refractivity contribution < 1.29 is 9.47 Å². The van der Waals surface area contributed by atoms with Gasteiger partial charge in [-0.15, -0.1) is 0 Å². The average Bonchev–Trinajstić information content (AvgIpc) is 3.14. The van der Waals surface area contributed by atoms with E-state index in [4.69, 9.17) is 21.7 Å². The molecule has 2 aromatic rings. The highest BCUT2D eigenvalue weighted by Crippen LogP contribution is 2.27. The number of hydrogen-bond donors (Lipinski definition) is 1. The highest BCUT2D eigenvalue weighted by Gasteiger charge is 2.23. The van der Waals surface area contributed by atoms with Crippen LogP contribution in [0.15, 0.2) is 29.4 Å². The third-order valence-corrected chi connectivity index (χ3v) is 3.71. The monoisotopic (exact) mass is 332 g/mol. The van der Waals surface area contributed by atoms with Crippen molar-refractivity contribution in [2.24, 2.45) is 5.10 Å². The largest absolute Gasteiger partial charge is 0.491 e. The Morgan fingerprint density at radius 1 is 1.52 bits per heavy atom. The summed E-state index contributed by atoms with van der Waals surface area (Å²) in [6.45, 7) is 4.75. The number of H-pyrrole nitrogens is 1. The van der Waals surface area contributed by atoms with Crippen molar-refractivity contribution in [3.63, 3.8) is 0 Å². The third-order valence-electron chi connectivity index (χ3n) is 3.45. The first-order chi connectivity index (χ1) is 11.1. The summed E-state index contributed by atoms with van der Waals surface area (Å²) in [5.74, 6) is 1.54. The fourth-order valence-corrected chi connectivity index (χ4v) is 2.66. The molecule has 0 radical (unpaired) electrons. The summed E-state index contributed by atoms with van der Waals surface area (Å²) in [5, 5.41) is 11.5. The van der Waals surface area contributed by atoms with E-state index in [1.54, 1.807) is 10.9 Å². The lowest BCUT2D eigenvalue weighted by Gasteiger charge is -2.10. The summed E-state index contributed by atoms with van der Waals surface area (Å²) in [4.78, 5) is 0. The van der Waals surface area contributed by atoms with Gasteiger partial charge in [0, 0.05) is 6.61 Å². The fraction of sp³-hybridized carbons (Fsp3) is 0.438. The van der Waals surface area contributed by atoms with E-state index in [2.05, 4.69) is 15.3 Å². The fourth-order valence-electron chi connectivity index (χ4n) is 2.47. The first-order valence-electron chi connectivity index (χ1n) is 7.73. The summed E-state index contributed by atoms with van der Waals surface area (Å²) in [6, 6.07) is 7.78. The van der Waals surface area contributed by atoms with Gasteiger partial charge in [-0.3, -0.25) is 5.10 Å². The lowest BCUT2D eigenvalue weighted by molar-refractivity contribution is 0.102. The number of benzene rings is 1. The van der Waals surface area contributed by atoms with Gasteiger partial charge in [-0.1, -0.05) is 12.1 Å². The minimum absolute atomic E-state index is 0.0456. The van der Waals surface area contributed by atoms with Gasteiger partial charge < -0.3 is 9.47 Å². The minimum Gasteiger partial charge on any atom is -0.491 e. The topological polar surface area (TPSA) is 64.4 Å². The quantitative estimate of drug-likeness (QED) is 0.673. The van der Waals surface area contributed by atoms with E-state index in [0.29, 0.717) is 4.77 Å². The molecule has 0 amide bonds. The maximum atomic E-state index is 5.69. The molecular formula is C16H20N4O2S. The Balaban J connectivity index is 1.83. The average molecular weight is 332 g/mol. The Morgan fingerprint density at radius 2 is 2.39 bits per heavy atom. The number of ether oxygens (including phenoxy) is 2. The number of rotatable bonds is 5. The lowest BCUT2D eigenvalue weighted by Crippen LogP contribution is -2.06. The maximum Gasteiger partial charge on any atom is 0.216 e. The summed E-state index contributed by atoms with van der Waals surface area (Å²) in [6.07, 6.45) is 3.80. The Bertz CT molecular complexity index is 745. The van der Waals surface area contributed by atoms with Crippen LogP contribution in [0.5, 0.6) is 5.75 Å². The molecular weight excluding hydrogens is 312 g/mol. The van der Waals surface area contributed by atoms with Crippen LogP contribution in [0, 0.1) is 4.77 Å². The van der Waals surface area contributed by atoms with Crippen LogP contribution in [0.1, 0.15) is 44.2 Å². The molecule has 1 unspecified atom stereocenters. The van der Waals surface area contributed by atoms with Crippen LogP contribution in [-0.4, -0.2) is 33.8 Å². The summed E-state index contributed by atoms with van der Waals surface area (Å²) >= 11 is 5.26. The Hall–Kier alpha value is -1.99. The molecule has 0 spiro atoms. The van der Waals surface area contributed by atoms with Gasteiger partial charge in [0.15, 0.2) is 5.82 Å². The van der Waals surface area contributed by atoms with Crippen LogP contribution in [0.25, 0.3) is 0 Å². The van der Waals surface area contributed by atoms with Crippen molar-refractivity contribution >= 4 is 18.4 Å². The van der Waals surface area contributed by atoms with Gasteiger partial charge in [0.05, 0.1) is 12.3 Å². The molecule has 23 heavy (non-hydrogen) atoms. The van der Waals surface area contributed by atoms with E-state index < -0.39 is 0 Å². The molecule has 0 saturated carbocycles. The molecule has 7 heteroatoms. The van der Waals surface area contributed by atoms with Crippen molar-refractivity contribution in [1.82, 2.24) is 14.9 Å². The molecule has 1 fully saturated rings. The molecule has 0 bridgehead atoms. The van der Waals surface area contributed by atoms with Crippen molar-refractivity contribution in [3.8, 4) is 5.75 Å². The van der Waals surface area contributed by atoms with Gasteiger partial charge in [0.1, 0.15) is 11.9 Å². The molecule has 2 heterocycles. The number of nitrogens with one attached hydrogen (secondary N) is 1. The molecule has 1 aromatic heterocycles. The maximum absolute atomic E-state index is 5.69. The smallest absolute Gasteiger partial charge is 0.216 e. The minimum atomic E-state index is -0.0456. The highest BCUT2D eigenvalue weighted by atomic mass is 32.1. The molecule has 0 aliphatic carbocycles. The Labute approximate surface area is 140 Å². The van der Waals surface area contributed by atoms with Gasteiger partial charge in [0.25, 0.3) is 0 Å². The molecule has 3 rings (SSSR count). The van der Waals surface area contributed by atoms with Gasteiger partial charge in [-0.2, -0.15) is 14.9 Å². The predicted molar refractivity (Wildman–Crippen MR) is 90.5 cm³/mol. The molecule has 1 aliphatic rings. The lowest BCUT2D eigenvalue weighted by atomic mass is 10.2. The summed E-state index contributed by atoms with van der Waals surface area (Å²) in [5.41, 5.74) is 0.935. The summed E-state index contributed by atoms with van der Waals surface area (Å²) < 4.78 is 13.4. The second kappa shape index (κ2) is 7.06. The second-order valence-electron chi connectivity index (χ2n) is 5.68. The van der Waals surface area contributed by atoms with Crippen molar-refractivity contribution in [3.05, 3.63) is 40.4 Å². The van der Waals surface area contributed by atoms with Crippen molar-refractivity contribution in [2.75, 3.05) is 6.61 Å². The van der Waals surface area contributed by atoms with Crippen LogP contribution in [0.3, 0.4) is 0 Å². The van der Waals surface area contributed by atoms with Crippen LogP contribution >= 0.6 is 12.2 Å². The zero-order valence-corrected chi connectivity index (χ0v) is 14.0. The Morgan fingerprint density at radius 3 is 3.13 bits per heavy atom. The number of aromatic amines is 1. The normalized spacial score (nSPS) is 18.1. The van der Waals surface area contributed by atoms with Crippen LogP contribution in [0.4, 0.5) is 0 Å². The van der Waals surface area contributed by atoms with Crippen molar-refractivity contribution in [2.45, 2.75) is 38.9 Å². The van der Waals surface area contributed by atoms with E-state index in [1.165, 1.54) is 0 Å². The molecule has 1 atom stereocenters. The predicted octanol–water partition coefficient (Wildman–Crippen LogP) is 3.46.